The van der Waals surface area contributed by atoms with Gasteiger partial charge < -0.3 is 5.32 Å². The average molecular weight is 304 g/mol. The molecule has 2 unspecified atom stereocenters. The largest absolute Gasteiger partial charge is 0.349 e. The number of rotatable bonds is 3. The van der Waals surface area contributed by atoms with Crippen molar-refractivity contribution >= 4 is 21.8 Å². The zero-order valence-corrected chi connectivity index (χ0v) is 10.9. The molecule has 0 aromatic heterocycles. The fourth-order valence-electron chi connectivity index (χ4n) is 1.88. The minimum absolute atomic E-state index is 0.0648. The van der Waals surface area contributed by atoms with Crippen LogP contribution in [0.1, 0.15) is 30.1 Å². The normalized spacial score (nSPS) is 22.4. The first-order valence-electron chi connectivity index (χ1n) is 5.48. The second-order valence-electron chi connectivity index (χ2n) is 4.23. The van der Waals surface area contributed by atoms with Crippen molar-refractivity contribution in [3.63, 3.8) is 0 Å². The van der Waals surface area contributed by atoms with Gasteiger partial charge in [0.1, 0.15) is 17.2 Å². The number of benzene rings is 1. The first-order valence-corrected chi connectivity index (χ1v) is 6.27. The molecule has 2 atom stereocenters. The SMILES string of the molecule is CCC1CC1NC(=O)c1c(F)cc(Br)cc1F. The van der Waals surface area contributed by atoms with Crippen LogP contribution in [-0.2, 0) is 0 Å². The first-order chi connectivity index (χ1) is 8.02. The summed E-state index contributed by atoms with van der Waals surface area (Å²) in [4.78, 5) is 11.7. The molecule has 0 bridgehead atoms. The lowest BCUT2D eigenvalue weighted by molar-refractivity contribution is 0.0940. The molecule has 0 aliphatic heterocycles. The molecule has 1 fully saturated rings. The van der Waals surface area contributed by atoms with E-state index in [1.165, 1.54) is 0 Å². The van der Waals surface area contributed by atoms with Gasteiger partial charge >= 0.3 is 0 Å². The highest BCUT2D eigenvalue weighted by molar-refractivity contribution is 9.10. The van der Waals surface area contributed by atoms with Crippen LogP contribution in [0.3, 0.4) is 0 Å². The quantitative estimate of drug-likeness (QED) is 0.912. The molecule has 0 spiro atoms. The summed E-state index contributed by atoms with van der Waals surface area (Å²) in [6.07, 6.45) is 1.86. The molecule has 0 radical (unpaired) electrons. The van der Waals surface area contributed by atoms with E-state index in [4.69, 9.17) is 0 Å². The Hall–Kier alpha value is -0.970. The molecule has 92 valence electrons. The number of carbonyl (C=O) groups excluding carboxylic acids is 1. The first kappa shape index (κ1) is 12.5. The molecule has 2 rings (SSSR count). The van der Waals surface area contributed by atoms with Crippen molar-refractivity contribution in [1.29, 1.82) is 0 Å². The van der Waals surface area contributed by atoms with Gasteiger partial charge in [0.25, 0.3) is 5.91 Å². The van der Waals surface area contributed by atoms with Crippen molar-refractivity contribution in [2.75, 3.05) is 0 Å². The molecule has 1 aromatic carbocycles. The second kappa shape index (κ2) is 4.72. The van der Waals surface area contributed by atoms with Crippen LogP contribution >= 0.6 is 15.9 Å². The maximum Gasteiger partial charge on any atom is 0.257 e. The summed E-state index contributed by atoms with van der Waals surface area (Å²) < 4.78 is 27.2. The van der Waals surface area contributed by atoms with E-state index in [1.807, 2.05) is 6.92 Å². The Labute approximate surface area is 107 Å². The number of nitrogens with one attached hydrogen (secondary N) is 1. The lowest BCUT2D eigenvalue weighted by Crippen LogP contribution is -2.28. The van der Waals surface area contributed by atoms with Crippen molar-refractivity contribution < 1.29 is 13.6 Å². The third-order valence-corrected chi connectivity index (χ3v) is 3.46. The van der Waals surface area contributed by atoms with E-state index in [0.29, 0.717) is 5.92 Å². The molecule has 1 N–H and O–H groups in total. The Morgan fingerprint density at radius 2 is 2.06 bits per heavy atom. The van der Waals surface area contributed by atoms with E-state index < -0.39 is 23.1 Å². The van der Waals surface area contributed by atoms with E-state index in [9.17, 15) is 13.6 Å². The maximum absolute atomic E-state index is 13.5. The van der Waals surface area contributed by atoms with Gasteiger partial charge in [-0.1, -0.05) is 29.3 Å². The second-order valence-corrected chi connectivity index (χ2v) is 5.14. The van der Waals surface area contributed by atoms with Crippen LogP contribution in [0.25, 0.3) is 0 Å². The van der Waals surface area contributed by atoms with Gasteiger partial charge in [-0.15, -0.1) is 0 Å². The molecular weight excluding hydrogens is 292 g/mol. The van der Waals surface area contributed by atoms with Crippen LogP contribution in [0.2, 0.25) is 0 Å². The van der Waals surface area contributed by atoms with E-state index in [1.54, 1.807) is 0 Å². The Bertz CT molecular complexity index is 441. The van der Waals surface area contributed by atoms with Crippen molar-refractivity contribution in [1.82, 2.24) is 5.32 Å². The van der Waals surface area contributed by atoms with Crippen molar-refractivity contribution in [3.8, 4) is 0 Å². The molecule has 0 heterocycles. The number of halogens is 3. The highest BCUT2D eigenvalue weighted by Crippen LogP contribution is 2.33. The van der Waals surface area contributed by atoms with Gasteiger partial charge in [-0.2, -0.15) is 0 Å². The lowest BCUT2D eigenvalue weighted by atomic mass is 10.2. The van der Waals surface area contributed by atoms with Crippen LogP contribution < -0.4 is 5.32 Å². The minimum atomic E-state index is -0.844. The van der Waals surface area contributed by atoms with E-state index in [0.717, 1.165) is 25.0 Å². The zero-order valence-electron chi connectivity index (χ0n) is 9.27. The van der Waals surface area contributed by atoms with Gasteiger partial charge in [0.05, 0.1) is 0 Å². The van der Waals surface area contributed by atoms with Crippen molar-refractivity contribution in [3.05, 3.63) is 33.8 Å². The van der Waals surface area contributed by atoms with Crippen LogP contribution in [0.4, 0.5) is 8.78 Å². The summed E-state index contributed by atoms with van der Waals surface area (Å²) in [5.74, 6) is -1.92. The number of amides is 1. The van der Waals surface area contributed by atoms with Gasteiger partial charge in [-0.3, -0.25) is 4.79 Å². The minimum Gasteiger partial charge on any atom is -0.349 e. The molecule has 0 saturated heterocycles. The number of hydrogen-bond acceptors (Lipinski definition) is 1. The molecule has 1 aliphatic rings. The summed E-state index contributed by atoms with van der Waals surface area (Å²) in [5.41, 5.74) is -0.505. The molecule has 17 heavy (non-hydrogen) atoms. The average Bonchev–Trinajstić information content (AvgIpc) is 2.94. The summed E-state index contributed by atoms with van der Waals surface area (Å²) >= 11 is 2.97. The molecule has 1 aromatic rings. The molecular formula is C12H12BrF2NO. The lowest BCUT2D eigenvalue weighted by Gasteiger charge is -2.07. The molecule has 1 saturated carbocycles. The highest BCUT2D eigenvalue weighted by Gasteiger charge is 2.37. The molecule has 1 aliphatic carbocycles. The molecule has 2 nitrogen and oxygen atoms in total. The van der Waals surface area contributed by atoms with Crippen LogP contribution in [0.5, 0.6) is 0 Å². The molecule has 5 heteroatoms. The third-order valence-electron chi connectivity index (χ3n) is 3.00. The summed E-state index contributed by atoms with van der Waals surface area (Å²) in [6.45, 7) is 2.03. The van der Waals surface area contributed by atoms with Gasteiger partial charge in [0, 0.05) is 10.5 Å². The topological polar surface area (TPSA) is 29.1 Å². The van der Waals surface area contributed by atoms with E-state index >= 15 is 0 Å². The third kappa shape index (κ3) is 2.65. The van der Waals surface area contributed by atoms with Gasteiger partial charge in [-0.25, -0.2) is 8.78 Å². The Morgan fingerprint density at radius 1 is 1.47 bits per heavy atom. The van der Waals surface area contributed by atoms with E-state index in [-0.39, 0.29) is 10.5 Å². The number of hydrogen-bond donors (Lipinski definition) is 1. The maximum atomic E-state index is 13.5. The van der Waals surface area contributed by atoms with Crippen LogP contribution in [-0.4, -0.2) is 11.9 Å². The van der Waals surface area contributed by atoms with Crippen molar-refractivity contribution in [2.45, 2.75) is 25.8 Å². The molecule has 1 amide bonds. The highest BCUT2D eigenvalue weighted by atomic mass is 79.9. The summed E-state index contributed by atoms with van der Waals surface area (Å²) in [5, 5.41) is 2.64. The fourth-order valence-corrected chi connectivity index (χ4v) is 2.28. The van der Waals surface area contributed by atoms with E-state index in [2.05, 4.69) is 21.2 Å². The Morgan fingerprint density at radius 3 is 2.53 bits per heavy atom. The number of carbonyl (C=O) groups is 1. The smallest absolute Gasteiger partial charge is 0.257 e. The Kier molecular flexibility index (Phi) is 3.47. The monoisotopic (exact) mass is 303 g/mol. The summed E-state index contributed by atoms with van der Waals surface area (Å²) in [6, 6.07) is 2.24. The summed E-state index contributed by atoms with van der Waals surface area (Å²) in [7, 11) is 0. The van der Waals surface area contributed by atoms with Crippen LogP contribution in [0.15, 0.2) is 16.6 Å². The van der Waals surface area contributed by atoms with Gasteiger partial charge in [0.2, 0.25) is 0 Å². The fraction of sp³-hybridized carbons (Fsp3) is 0.417. The Balaban J connectivity index is 2.14. The van der Waals surface area contributed by atoms with Gasteiger partial charge in [0.15, 0.2) is 0 Å². The zero-order chi connectivity index (χ0) is 12.6. The van der Waals surface area contributed by atoms with Crippen molar-refractivity contribution in [2.24, 2.45) is 5.92 Å². The predicted octanol–water partition coefficient (Wildman–Crippen LogP) is 3.26. The van der Waals surface area contributed by atoms with Crippen LogP contribution in [0, 0.1) is 17.6 Å². The predicted molar refractivity (Wildman–Crippen MR) is 63.7 cm³/mol. The van der Waals surface area contributed by atoms with Gasteiger partial charge in [-0.05, 0) is 24.5 Å². The standard InChI is InChI=1S/C12H12BrF2NO/c1-2-6-3-10(6)16-12(17)11-8(14)4-7(13)5-9(11)15/h4-6,10H,2-3H2,1H3,(H,16,17).